The van der Waals surface area contributed by atoms with Crippen molar-refractivity contribution in [3.8, 4) is 0 Å². The van der Waals surface area contributed by atoms with Gasteiger partial charge in [-0.05, 0) is 35.9 Å². The van der Waals surface area contributed by atoms with Gasteiger partial charge in [-0.3, -0.25) is 9.59 Å². The van der Waals surface area contributed by atoms with Crippen molar-refractivity contribution in [2.75, 3.05) is 5.32 Å². The Morgan fingerprint density at radius 2 is 1.24 bits per heavy atom. The van der Waals surface area contributed by atoms with Gasteiger partial charge in [0.15, 0.2) is 5.78 Å². The Bertz CT molecular complexity index is 882. The van der Waals surface area contributed by atoms with E-state index in [9.17, 15) is 9.59 Å². The first-order valence-corrected chi connectivity index (χ1v) is 7.96. The van der Waals surface area contributed by atoms with Crippen LogP contribution < -0.4 is 5.32 Å². The molecule has 3 heteroatoms. The molecule has 0 unspecified atom stereocenters. The molecular weight excluding hydrogens is 310 g/mol. The van der Waals surface area contributed by atoms with Crippen LogP contribution in [0.1, 0.15) is 26.3 Å². The predicted octanol–water partition coefficient (Wildman–Crippen LogP) is 4.84. The molecule has 0 fully saturated rings. The number of carbonyl (C=O) groups excluding carboxylic acids is 2. The average molecular weight is 327 g/mol. The van der Waals surface area contributed by atoms with Crippen LogP contribution in [-0.4, -0.2) is 11.7 Å². The molecule has 3 aromatic carbocycles. The number of hydrogen-bond donors (Lipinski definition) is 1. The minimum atomic E-state index is -0.150. The van der Waals surface area contributed by atoms with E-state index in [1.54, 1.807) is 36.4 Å². The summed E-state index contributed by atoms with van der Waals surface area (Å²) >= 11 is 0. The van der Waals surface area contributed by atoms with Gasteiger partial charge in [-0.15, -0.1) is 0 Å². The number of hydrogen-bond acceptors (Lipinski definition) is 2. The molecule has 0 aliphatic carbocycles. The van der Waals surface area contributed by atoms with Crippen molar-refractivity contribution in [1.82, 2.24) is 0 Å². The van der Waals surface area contributed by atoms with Gasteiger partial charge in [-0.1, -0.05) is 66.7 Å². The molecule has 0 aromatic heterocycles. The Morgan fingerprint density at radius 3 is 1.84 bits per heavy atom. The van der Waals surface area contributed by atoms with Gasteiger partial charge in [-0.25, -0.2) is 0 Å². The number of carbonyl (C=O) groups is 2. The molecular formula is C22H17NO2. The molecule has 0 radical (unpaired) electrons. The summed E-state index contributed by atoms with van der Waals surface area (Å²) in [5.74, 6) is -0.190. The Kier molecular flexibility index (Phi) is 5.17. The van der Waals surface area contributed by atoms with Crippen molar-refractivity contribution in [1.29, 1.82) is 0 Å². The van der Waals surface area contributed by atoms with Crippen LogP contribution in [0.25, 0.3) is 6.08 Å². The van der Waals surface area contributed by atoms with E-state index in [2.05, 4.69) is 5.32 Å². The quantitative estimate of drug-likeness (QED) is 0.538. The summed E-state index contributed by atoms with van der Waals surface area (Å²) in [7, 11) is 0. The molecule has 122 valence electrons. The minimum absolute atomic E-state index is 0.0398. The maximum Gasteiger partial charge on any atom is 0.255 e. The Morgan fingerprint density at radius 1 is 0.680 bits per heavy atom. The lowest BCUT2D eigenvalue weighted by atomic mass is 10.1. The lowest BCUT2D eigenvalue weighted by Crippen LogP contribution is -2.11. The van der Waals surface area contributed by atoms with Crippen LogP contribution in [0.5, 0.6) is 0 Å². The fraction of sp³-hybridized carbons (Fsp3) is 0. The fourth-order valence-corrected chi connectivity index (χ4v) is 2.34. The molecule has 0 aliphatic rings. The Labute approximate surface area is 146 Å². The number of ketones is 1. The van der Waals surface area contributed by atoms with Gasteiger partial charge in [0.1, 0.15) is 0 Å². The van der Waals surface area contributed by atoms with Crippen LogP contribution in [0, 0.1) is 0 Å². The second-order valence-electron chi connectivity index (χ2n) is 5.51. The number of anilines is 1. The van der Waals surface area contributed by atoms with E-state index < -0.39 is 0 Å². The van der Waals surface area contributed by atoms with Crippen LogP contribution in [0.15, 0.2) is 91.0 Å². The van der Waals surface area contributed by atoms with Crippen molar-refractivity contribution in [2.24, 2.45) is 0 Å². The van der Waals surface area contributed by atoms with E-state index in [0.717, 1.165) is 5.56 Å². The van der Waals surface area contributed by atoms with Gasteiger partial charge in [0, 0.05) is 16.8 Å². The molecule has 3 rings (SSSR count). The first kappa shape index (κ1) is 16.4. The first-order chi connectivity index (χ1) is 12.2. The summed E-state index contributed by atoms with van der Waals surface area (Å²) in [6.07, 6.45) is 3.31. The summed E-state index contributed by atoms with van der Waals surface area (Å²) in [5, 5.41) is 2.85. The Balaban J connectivity index is 1.63. The van der Waals surface area contributed by atoms with E-state index in [0.29, 0.717) is 16.8 Å². The van der Waals surface area contributed by atoms with Gasteiger partial charge in [0.25, 0.3) is 5.91 Å². The first-order valence-electron chi connectivity index (χ1n) is 7.96. The normalized spacial score (nSPS) is 10.6. The zero-order valence-electron chi connectivity index (χ0n) is 13.6. The number of amides is 1. The number of rotatable bonds is 5. The van der Waals surface area contributed by atoms with E-state index in [1.807, 2.05) is 60.7 Å². The lowest BCUT2D eigenvalue weighted by molar-refractivity contribution is 0.102. The highest BCUT2D eigenvalue weighted by Gasteiger charge is 2.04. The molecule has 25 heavy (non-hydrogen) atoms. The van der Waals surface area contributed by atoms with Gasteiger partial charge in [0.05, 0.1) is 0 Å². The van der Waals surface area contributed by atoms with Gasteiger partial charge in [-0.2, -0.15) is 0 Å². The van der Waals surface area contributed by atoms with E-state index in [1.165, 1.54) is 0 Å². The van der Waals surface area contributed by atoms with Gasteiger partial charge >= 0.3 is 0 Å². The Hall–Kier alpha value is -3.46. The summed E-state index contributed by atoms with van der Waals surface area (Å²) in [5.41, 5.74) is 2.87. The predicted molar refractivity (Wildman–Crippen MR) is 101 cm³/mol. The molecule has 0 bridgehead atoms. The number of nitrogens with one attached hydrogen (secondary N) is 1. The maximum atomic E-state index is 12.1. The van der Waals surface area contributed by atoms with Crippen molar-refractivity contribution in [3.63, 3.8) is 0 Å². The van der Waals surface area contributed by atoms with Crippen LogP contribution in [0.3, 0.4) is 0 Å². The van der Waals surface area contributed by atoms with Crippen LogP contribution in [0.2, 0.25) is 0 Å². The SMILES string of the molecule is O=C(C=Cc1ccc(NC(=O)c2ccccc2)cc1)c1ccccc1. The second-order valence-corrected chi connectivity index (χ2v) is 5.51. The minimum Gasteiger partial charge on any atom is -0.322 e. The summed E-state index contributed by atoms with van der Waals surface area (Å²) < 4.78 is 0. The molecule has 3 nitrogen and oxygen atoms in total. The number of benzene rings is 3. The van der Waals surface area contributed by atoms with Crippen LogP contribution in [-0.2, 0) is 0 Å². The molecule has 0 saturated carbocycles. The van der Waals surface area contributed by atoms with Gasteiger partial charge in [0.2, 0.25) is 0 Å². The molecule has 0 spiro atoms. The molecule has 1 N–H and O–H groups in total. The third kappa shape index (κ3) is 4.52. The molecule has 0 atom stereocenters. The lowest BCUT2D eigenvalue weighted by Gasteiger charge is -2.05. The highest BCUT2D eigenvalue weighted by Crippen LogP contribution is 2.13. The van der Waals surface area contributed by atoms with Crippen LogP contribution >= 0.6 is 0 Å². The molecule has 0 aliphatic heterocycles. The molecule has 0 saturated heterocycles. The van der Waals surface area contributed by atoms with Crippen molar-refractivity contribution in [2.45, 2.75) is 0 Å². The zero-order chi connectivity index (χ0) is 17.5. The smallest absolute Gasteiger partial charge is 0.255 e. The fourth-order valence-electron chi connectivity index (χ4n) is 2.34. The molecule has 0 heterocycles. The van der Waals surface area contributed by atoms with E-state index >= 15 is 0 Å². The molecule has 3 aromatic rings. The monoisotopic (exact) mass is 327 g/mol. The zero-order valence-corrected chi connectivity index (χ0v) is 13.6. The van der Waals surface area contributed by atoms with E-state index in [-0.39, 0.29) is 11.7 Å². The highest BCUT2D eigenvalue weighted by atomic mass is 16.1. The van der Waals surface area contributed by atoms with Gasteiger partial charge < -0.3 is 5.32 Å². The summed E-state index contributed by atoms with van der Waals surface area (Å²) in [6, 6.07) is 25.5. The maximum absolute atomic E-state index is 12.1. The third-order valence-corrected chi connectivity index (χ3v) is 3.69. The van der Waals surface area contributed by atoms with Crippen molar-refractivity contribution >= 4 is 23.5 Å². The average Bonchev–Trinajstić information content (AvgIpc) is 2.68. The summed E-state index contributed by atoms with van der Waals surface area (Å²) in [4.78, 5) is 24.1. The largest absolute Gasteiger partial charge is 0.322 e. The van der Waals surface area contributed by atoms with Crippen LogP contribution in [0.4, 0.5) is 5.69 Å². The highest BCUT2D eigenvalue weighted by molar-refractivity contribution is 6.07. The van der Waals surface area contributed by atoms with Crippen molar-refractivity contribution < 1.29 is 9.59 Å². The van der Waals surface area contributed by atoms with Crippen molar-refractivity contribution in [3.05, 3.63) is 108 Å². The summed E-state index contributed by atoms with van der Waals surface area (Å²) in [6.45, 7) is 0. The topological polar surface area (TPSA) is 46.2 Å². The van der Waals surface area contributed by atoms with E-state index in [4.69, 9.17) is 0 Å². The molecule has 1 amide bonds. The standard InChI is InChI=1S/C22H17NO2/c24-21(18-7-3-1-4-8-18)16-13-17-11-14-20(15-12-17)23-22(25)19-9-5-2-6-10-19/h1-16H,(H,23,25). The number of allylic oxidation sites excluding steroid dienone is 1. The third-order valence-electron chi connectivity index (χ3n) is 3.69. The second kappa shape index (κ2) is 7.88.